The number of aromatic nitrogens is 4. The van der Waals surface area contributed by atoms with Crippen LogP contribution in [0.3, 0.4) is 0 Å². The van der Waals surface area contributed by atoms with Crippen LogP contribution >= 0.6 is 0 Å². The van der Waals surface area contributed by atoms with Crippen LogP contribution in [0, 0.1) is 0 Å². The van der Waals surface area contributed by atoms with Crippen LogP contribution in [0.15, 0.2) is 6.33 Å². The summed E-state index contributed by atoms with van der Waals surface area (Å²) >= 11 is 0. The molecule has 0 aromatic carbocycles. The first kappa shape index (κ1) is 5.99. The molecule has 6 nitrogen and oxygen atoms in total. The van der Waals surface area contributed by atoms with E-state index in [0.29, 0.717) is 0 Å². The maximum Gasteiger partial charge on any atom is 0.161 e. The summed E-state index contributed by atoms with van der Waals surface area (Å²) in [6, 6.07) is 0. The van der Waals surface area contributed by atoms with Gasteiger partial charge in [-0.2, -0.15) is 5.21 Å². The van der Waals surface area contributed by atoms with Gasteiger partial charge in [-0.1, -0.05) is 5.21 Å². The lowest BCUT2D eigenvalue weighted by atomic mass is 11.4. The van der Waals surface area contributed by atoms with Crippen LogP contribution in [-0.2, 0) is 0 Å². The molecule has 0 bridgehead atoms. The fourth-order valence-corrected chi connectivity index (χ4v) is 0.129. The lowest BCUT2D eigenvalue weighted by molar-refractivity contribution is 0.311. The van der Waals surface area contributed by atoms with Gasteiger partial charge >= 0.3 is 0 Å². The molecular formula is CH5N5O. The van der Waals surface area contributed by atoms with Crippen molar-refractivity contribution in [3.8, 4) is 0 Å². The molecule has 0 aliphatic rings. The summed E-state index contributed by atoms with van der Waals surface area (Å²) in [4.78, 5) is 0. The highest BCUT2D eigenvalue weighted by Gasteiger charge is 1.58. The summed E-state index contributed by atoms with van der Waals surface area (Å²) < 4.78 is 0. The lowest BCUT2D eigenvalue weighted by Crippen LogP contribution is -1.72. The molecule has 0 atom stereocenters. The van der Waals surface area contributed by atoms with Crippen molar-refractivity contribution < 1.29 is 5.21 Å². The molecule has 4 N–H and O–H groups in total. The zero-order valence-corrected chi connectivity index (χ0v) is 3.44. The van der Waals surface area contributed by atoms with Crippen LogP contribution in [0.25, 0.3) is 0 Å². The van der Waals surface area contributed by atoms with Gasteiger partial charge in [-0.25, -0.2) is 5.90 Å². The Bertz CT molecular complexity index is 64.6. The highest BCUT2D eigenvalue weighted by Crippen LogP contribution is 1.43. The van der Waals surface area contributed by atoms with Gasteiger partial charge in [-0.15, -0.1) is 10.2 Å². The first-order valence-corrected chi connectivity index (χ1v) is 1.42. The average Bonchev–Trinajstić information content (AvgIpc) is 2.23. The molecule has 0 spiro atoms. The van der Waals surface area contributed by atoms with E-state index in [1.807, 2.05) is 0 Å². The molecule has 7 heavy (non-hydrogen) atoms. The molecule has 0 fully saturated rings. The van der Waals surface area contributed by atoms with Gasteiger partial charge in [0.2, 0.25) is 0 Å². The van der Waals surface area contributed by atoms with E-state index in [1.54, 1.807) is 0 Å². The summed E-state index contributed by atoms with van der Waals surface area (Å²) in [5.41, 5.74) is 0. The Hall–Kier alpha value is -1.01. The number of nitrogens with two attached hydrogens (primary N) is 1. The highest BCUT2D eigenvalue weighted by atomic mass is 16.4. The second kappa shape index (κ2) is 4.99. The van der Waals surface area contributed by atoms with Crippen molar-refractivity contribution >= 4 is 0 Å². The quantitative estimate of drug-likeness (QED) is 0.348. The monoisotopic (exact) mass is 103 g/mol. The predicted molar refractivity (Wildman–Crippen MR) is 20.2 cm³/mol. The zero-order valence-electron chi connectivity index (χ0n) is 3.44. The lowest BCUT2D eigenvalue weighted by Gasteiger charge is -1.44. The number of hydrogen-bond acceptors (Lipinski definition) is 5. The number of nitrogens with one attached hydrogen (secondary N) is 1. The summed E-state index contributed by atoms with van der Waals surface area (Å²) in [7, 11) is 0. The third-order valence-corrected chi connectivity index (χ3v) is 0.270. The van der Waals surface area contributed by atoms with Crippen LogP contribution in [-0.4, -0.2) is 25.8 Å². The summed E-state index contributed by atoms with van der Waals surface area (Å²) in [5, 5.41) is 18.7. The normalized spacial score (nSPS) is 6.57. The molecule has 0 radical (unpaired) electrons. The van der Waals surface area contributed by atoms with Crippen molar-refractivity contribution in [2.45, 2.75) is 0 Å². The Morgan fingerprint density at radius 1 is 1.57 bits per heavy atom. The molecule has 1 heterocycles. The van der Waals surface area contributed by atoms with Gasteiger partial charge in [0.05, 0.1) is 0 Å². The van der Waals surface area contributed by atoms with Crippen LogP contribution in [0.5, 0.6) is 0 Å². The molecule has 0 saturated carbocycles. The van der Waals surface area contributed by atoms with Crippen molar-refractivity contribution in [1.82, 2.24) is 20.6 Å². The van der Waals surface area contributed by atoms with Crippen LogP contribution < -0.4 is 5.90 Å². The standard InChI is InChI=1S/CH2N4.H3NO/c1-2-4-5-3-1;1-2/h1H,(H,2,3,4,5);2H,1H2. The number of H-pyrrole nitrogens is 1. The Kier molecular flexibility index (Phi) is 4.27. The molecule has 40 valence electrons. The van der Waals surface area contributed by atoms with Gasteiger partial charge in [0.1, 0.15) is 0 Å². The minimum absolute atomic E-state index is 1.33. The van der Waals surface area contributed by atoms with Crippen molar-refractivity contribution in [3.05, 3.63) is 6.33 Å². The number of rotatable bonds is 0. The Morgan fingerprint density at radius 2 is 2.29 bits per heavy atom. The molecular weight excluding hydrogens is 98.0 g/mol. The van der Waals surface area contributed by atoms with E-state index in [1.165, 1.54) is 6.33 Å². The molecule has 0 amide bonds. The van der Waals surface area contributed by atoms with Crippen molar-refractivity contribution in [2.24, 2.45) is 5.90 Å². The van der Waals surface area contributed by atoms with Gasteiger partial charge in [0.25, 0.3) is 0 Å². The van der Waals surface area contributed by atoms with Crippen LogP contribution in [0.4, 0.5) is 0 Å². The van der Waals surface area contributed by atoms with Crippen LogP contribution in [0.2, 0.25) is 0 Å². The van der Waals surface area contributed by atoms with Crippen molar-refractivity contribution in [2.75, 3.05) is 0 Å². The van der Waals surface area contributed by atoms with Gasteiger partial charge in [0, 0.05) is 0 Å². The van der Waals surface area contributed by atoms with E-state index in [-0.39, 0.29) is 0 Å². The van der Waals surface area contributed by atoms with Gasteiger partial charge in [-0.05, 0) is 0 Å². The molecule has 1 rings (SSSR count). The molecule has 0 saturated heterocycles. The summed E-state index contributed by atoms with van der Waals surface area (Å²) in [6.45, 7) is 0. The first-order valence-electron chi connectivity index (χ1n) is 1.42. The number of aromatic amines is 1. The van der Waals surface area contributed by atoms with Gasteiger partial charge in [0.15, 0.2) is 6.33 Å². The minimum atomic E-state index is 1.33. The van der Waals surface area contributed by atoms with E-state index in [2.05, 4.69) is 26.5 Å². The summed E-state index contributed by atoms with van der Waals surface area (Å²) in [6.07, 6.45) is 1.33. The molecule has 0 aliphatic heterocycles. The Morgan fingerprint density at radius 3 is 2.43 bits per heavy atom. The summed E-state index contributed by atoms with van der Waals surface area (Å²) in [5.74, 6) is 3.50. The van der Waals surface area contributed by atoms with Gasteiger partial charge < -0.3 is 5.21 Å². The maximum atomic E-state index is 6.50. The third-order valence-electron chi connectivity index (χ3n) is 0.270. The Labute approximate surface area is 39.3 Å². The average molecular weight is 103 g/mol. The smallest absolute Gasteiger partial charge is 0.161 e. The molecule has 1 aromatic rings. The third kappa shape index (κ3) is 2.80. The molecule has 1 aromatic heterocycles. The topological polar surface area (TPSA) is 101 Å². The SMILES string of the molecule is NO.c1nn[nH]n1. The number of tetrazole rings is 1. The van der Waals surface area contributed by atoms with E-state index < -0.39 is 0 Å². The highest BCUT2D eigenvalue weighted by molar-refractivity contribution is 4.24. The van der Waals surface area contributed by atoms with Crippen molar-refractivity contribution in [1.29, 1.82) is 0 Å². The van der Waals surface area contributed by atoms with E-state index in [0.717, 1.165) is 0 Å². The first-order chi connectivity index (χ1) is 3.50. The number of nitrogens with zero attached hydrogens (tertiary/aromatic N) is 3. The van der Waals surface area contributed by atoms with E-state index in [9.17, 15) is 0 Å². The fraction of sp³-hybridized carbons (Fsp3) is 0. The molecule has 0 aliphatic carbocycles. The van der Waals surface area contributed by atoms with Crippen LogP contribution in [0.1, 0.15) is 0 Å². The zero-order chi connectivity index (χ0) is 5.54. The minimum Gasteiger partial charge on any atom is -0.320 e. The maximum absolute atomic E-state index is 6.50. The molecule has 6 heteroatoms. The predicted octanol–water partition coefficient (Wildman–Crippen LogP) is -1.47. The second-order valence-electron chi connectivity index (χ2n) is 0.560. The fourth-order valence-electron chi connectivity index (χ4n) is 0.129. The number of hydrogen-bond donors (Lipinski definition) is 3. The van der Waals surface area contributed by atoms with E-state index >= 15 is 0 Å². The Balaban J connectivity index is 0.000000162. The molecule has 0 unspecified atom stereocenters. The van der Waals surface area contributed by atoms with Crippen molar-refractivity contribution in [3.63, 3.8) is 0 Å². The van der Waals surface area contributed by atoms with Gasteiger partial charge in [-0.3, -0.25) is 0 Å². The van der Waals surface area contributed by atoms with E-state index in [4.69, 9.17) is 5.21 Å². The second-order valence-corrected chi connectivity index (χ2v) is 0.560. The largest absolute Gasteiger partial charge is 0.320 e.